The third-order valence-corrected chi connectivity index (χ3v) is 3.50. The van der Waals surface area contributed by atoms with Gasteiger partial charge >= 0.3 is 17.0 Å². The molecule has 108 valence electrons. The van der Waals surface area contributed by atoms with Crippen molar-refractivity contribution in [1.82, 2.24) is 0 Å². The number of benzene rings is 1. The molecule has 0 saturated heterocycles. The fourth-order valence-corrected chi connectivity index (χ4v) is 2.42. The van der Waals surface area contributed by atoms with Gasteiger partial charge in [0.05, 0.1) is 0 Å². The molecule has 21 heavy (non-hydrogen) atoms. The summed E-state index contributed by atoms with van der Waals surface area (Å²) in [5, 5.41) is 6.09. The molecule has 8 heteroatoms. The van der Waals surface area contributed by atoms with Crippen LogP contribution in [0.2, 0.25) is 0 Å². The number of amides is 1. The van der Waals surface area contributed by atoms with Gasteiger partial charge in [0.25, 0.3) is 0 Å². The van der Waals surface area contributed by atoms with Gasteiger partial charge in [-0.05, 0) is 28.6 Å². The van der Waals surface area contributed by atoms with Crippen molar-refractivity contribution in [2.24, 2.45) is 5.18 Å². The van der Waals surface area contributed by atoms with Crippen LogP contribution in [0, 0.1) is 11.8 Å². The molecule has 0 atom stereocenters. The Balaban J connectivity index is 2.23. The number of aromatic amines is 1. The number of carbonyl (C=O) groups excluding carboxylic acids is 2. The number of nitrogens with zero attached hydrogens (tertiary/aromatic N) is 1. The number of ether oxygens (including phenoxy) is 1. The first-order chi connectivity index (χ1) is 10.0. The Bertz CT molecular complexity index is 711. The number of hydrogen-bond donors (Lipinski definition) is 1. The van der Waals surface area contributed by atoms with Crippen LogP contribution >= 0.6 is 11.3 Å². The molecule has 0 radical (unpaired) electrons. The molecule has 7 nitrogen and oxygen atoms in total. The number of aryl methyl sites for hydroxylation is 1. The second-order valence-corrected chi connectivity index (χ2v) is 5.12. The molecule has 0 fully saturated rings. The largest absolute Gasteiger partial charge is 0.426 e. The van der Waals surface area contributed by atoms with Crippen molar-refractivity contribution in [2.75, 3.05) is 5.32 Å². The van der Waals surface area contributed by atoms with E-state index in [1.807, 2.05) is 0 Å². The molecule has 0 bridgehead atoms. The molecule has 0 aliphatic carbocycles. The van der Waals surface area contributed by atoms with E-state index in [-0.39, 0.29) is 16.3 Å². The number of nitrogens with one attached hydrogen (secondary N) is 2. The average Bonchev–Trinajstić information content (AvgIpc) is 2.78. The predicted molar refractivity (Wildman–Crippen MR) is 76.8 cm³/mol. The summed E-state index contributed by atoms with van der Waals surface area (Å²) in [6.45, 7) is 2.93. The molecule has 0 spiro atoms. The molecule has 2 aromatic rings. The molecule has 0 saturated carbocycles. The molecule has 1 amide bonds. The third-order valence-electron chi connectivity index (χ3n) is 2.52. The van der Waals surface area contributed by atoms with Gasteiger partial charge < -0.3 is 4.74 Å². The highest BCUT2D eigenvalue weighted by Gasteiger charge is 2.21. The standard InChI is InChI=1S/C13H11N3O4S/c1-7-12(16-19)21-13(14-7)15-11(18)9-5-3-4-6-10(9)20-8(2)17/h3-6H,1-2H3,(H,14,15,18)/p+1. The zero-order chi connectivity index (χ0) is 15.4. The Morgan fingerprint density at radius 3 is 2.67 bits per heavy atom. The molecule has 2 rings (SSSR count). The van der Waals surface area contributed by atoms with Crippen molar-refractivity contribution >= 4 is 33.3 Å². The smallest absolute Gasteiger partial charge is 0.343 e. The zero-order valence-electron chi connectivity index (χ0n) is 11.3. The Hall–Kier alpha value is -2.61. The normalized spacial score (nSPS) is 10.0. The number of nitroso groups, excluding NO2 is 1. The van der Waals surface area contributed by atoms with Crippen LogP contribution in [0.25, 0.3) is 0 Å². The maximum Gasteiger partial charge on any atom is 0.343 e. The summed E-state index contributed by atoms with van der Waals surface area (Å²) in [6.07, 6.45) is 0. The van der Waals surface area contributed by atoms with E-state index in [0.29, 0.717) is 10.8 Å². The van der Waals surface area contributed by atoms with E-state index in [1.54, 1.807) is 19.1 Å². The maximum atomic E-state index is 12.2. The molecule has 2 N–H and O–H groups in total. The number of anilines is 1. The van der Waals surface area contributed by atoms with Gasteiger partial charge in [-0.1, -0.05) is 12.1 Å². The van der Waals surface area contributed by atoms with Gasteiger partial charge in [-0.2, -0.15) is 5.32 Å². The number of esters is 1. The molecule has 0 aliphatic rings. The van der Waals surface area contributed by atoms with Gasteiger partial charge in [0.2, 0.25) is 5.00 Å². The number of thiazole rings is 1. The first kappa shape index (κ1) is 14.8. The quantitative estimate of drug-likeness (QED) is 0.532. The van der Waals surface area contributed by atoms with Gasteiger partial charge in [-0.3, -0.25) is 4.79 Å². The highest BCUT2D eigenvalue weighted by atomic mass is 32.1. The predicted octanol–water partition coefficient (Wildman–Crippen LogP) is 2.45. The van der Waals surface area contributed by atoms with Crippen LogP contribution in [0.15, 0.2) is 29.4 Å². The monoisotopic (exact) mass is 306 g/mol. The molecular formula is C13H12N3O4S+. The minimum Gasteiger partial charge on any atom is -0.426 e. The molecule has 0 aliphatic heterocycles. The Morgan fingerprint density at radius 2 is 2.05 bits per heavy atom. The number of hydrogen-bond acceptors (Lipinski definition) is 6. The second-order valence-electron chi connectivity index (χ2n) is 4.12. The van der Waals surface area contributed by atoms with Crippen molar-refractivity contribution < 1.29 is 19.3 Å². The van der Waals surface area contributed by atoms with Crippen molar-refractivity contribution in [3.8, 4) is 5.75 Å². The SMILES string of the molecule is CC(=O)Oc1ccccc1C(=O)Nc1[nH+]c(C)c(N=O)s1. The van der Waals surface area contributed by atoms with E-state index in [2.05, 4.69) is 15.5 Å². The van der Waals surface area contributed by atoms with Crippen LogP contribution < -0.4 is 15.0 Å². The number of carbonyl (C=O) groups is 2. The molecular weight excluding hydrogens is 294 g/mol. The molecule has 1 aromatic carbocycles. The van der Waals surface area contributed by atoms with E-state index in [4.69, 9.17) is 4.74 Å². The van der Waals surface area contributed by atoms with E-state index >= 15 is 0 Å². The minimum atomic E-state index is -0.513. The fraction of sp³-hybridized carbons (Fsp3) is 0.154. The van der Waals surface area contributed by atoms with E-state index in [0.717, 1.165) is 11.3 Å². The van der Waals surface area contributed by atoms with Crippen molar-refractivity contribution in [3.05, 3.63) is 40.4 Å². The van der Waals surface area contributed by atoms with Gasteiger partial charge in [-0.25, -0.2) is 9.78 Å². The maximum absolute atomic E-state index is 12.2. The molecule has 1 heterocycles. The van der Waals surface area contributed by atoms with Crippen molar-refractivity contribution in [1.29, 1.82) is 0 Å². The lowest BCUT2D eigenvalue weighted by molar-refractivity contribution is -0.363. The Kier molecular flexibility index (Phi) is 4.39. The number of para-hydroxylation sites is 1. The zero-order valence-corrected chi connectivity index (χ0v) is 12.1. The van der Waals surface area contributed by atoms with Crippen LogP contribution in [0.3, 0.4) is 0 Å². The van der Waals surface area contributed by atoms with Crippen LogP contribution in [0.4, 0.5) is 10.1 Å². The molecule has 0 unspecified atom stereocenters. The lowest BCUT2D eigenvalue weighted by Crippen LogP contribution is -2.19. The van der Waals surface area contributed by atoms with Crippen LogP contribution in [-0.4, -0.2) is 11.9 Å². The van der Waals surface area contributed by atoms with Gasteiger partial charge in [0.1, 0.15) is 17.0 Å². The van der Waals surface area contributed by atoms with E-state index in [9.17, 15) is 14.5 Å². The second kappa shape index (κ2) is 6.23. The van der Waals surface area contributed by atoms with E-state index in [1.165, 1.54) is 19.1 Å². The summed E-state index contributed by atoms with van der Waals surface area (Å²) < 4.78 is 4.98. The summed E-state index contributed by atoms with van der Waals surface area (Å²) in [4.78, 5) is 36.6. The summed E-state index contributed by atoms with van der Waals surface area (Å²) in [5.41, 5.74) is 0.784. The highest BCUT2D eigenvalue weighted by molar-refractivity contribution is 7.19. The topological polar surface area (TPSA) is 99.0 Å². The Labute approximate surface area is 123 Å². The van der Waals surface area contributed by atoms with Crippen LogP contribution in [0.5, 0.6) is 5.75 Å². The Morgan fingerprint density at radius 1 is 1.33 bits per heavy atom. The van der Waals surface area contributed by atoms with Crippen LogP contribution in [-0.2, 0) is 4.79 Å². The van der Waals surface area contributed by atoms with Crippen LogP contribution in [0.1, 0.15) is 23.0 Å². The number of aromatic nitrogens is 1. The fourth-order valence-electron chi connectivity index (χ4n) is 1.63. The summed E-state index contributed by atoms with van der Waals surface area (Å²) in [6, 6.07) is 6.37. The van der Waals surface area contributed by atoms with Gasteiger partial charge in [0, 0.05) is 13.8 Å². The lowest BCUT2D eigenvalue weighted by Gasteiger charge is -2.05. The highest BCUT2D eigenvalue weighted by Crippen LogP contribution is 2.27. The van der Waals surface area contributed by atoms with Gasteiger partial charge in [0.15, 0.2) is 0 Å². The summed E-state index contributed by atoms with van der Waals surface area (Å²) in [7, 11) is 0. The number of H-pyrrole nitrogens is 1. The summed E-state index contributed by atoms with van der Waals surface area (Å²) in [5.74, 6) is -0.799. The first-order valence-corrected chi connectivity index (χ1v) is 6.77. The average molecular weight is 306 g/mol. The summed E-state index contributed by atoms with van der Waals surface area (Å²) >= 11 is 1.03. The van der Waals surface area contributed by atoms with Crippen molar-refractivity contribution in [2.45, 2.75) is 13.8 Å². The first-order valence-electron chi connectivity index (χ1n) is 5.96. The third kappa shape index (κ3) is 3.48. The van der Waals surface area contributed by atoms with E-state index < -0.39 is 11.9 Å². The van der Waals surface area contributed by atoms with Gasteiger partial charge in [-0.15, -0.1) is 4.91 Å². The number of rotatable bonds is 4. The molecule has 1 aromatic heterocycles. The minimum absolute atomic E-state index is 0.171. The lowest BCUT2D eigenvalue weighted by atomic mass is 10.2. The van der Waals surface area contributed by atoms with Crippen molar-refractivity contribution in [3.63, 3.8) is 0 Å².